The van der Waals surface area contributed by atoms with Crippen LogP contribution >= 0.6 is 0 Å². The first-order chi connectivity index (χ1) is 7.02. The topological polar surface area (TPSA) is 17.1 Å². The Balaban J connectivity index is 2.50. The van der Waals surface area contributed by atoms with Crippen molar-refractivity contribution in [2.75, 3.05) is 0 Å². The second-order valence-corrected chi connectivity index (χ2v) is 4.95. The number of carbonyl (C=O) groups excluding carboxylic acids is 1. The number of carbonyl (C=O) groups is 1. The van der Waals surface area contributed by atoms with E-state index in [4.69, 9.17) is 0 Å². The first kappa shape index (κ1) is 10.4. The van der Waals surface area contributed by atoms with Crippen LogP contribution in [-0.4, -0.2) is 5.78 Å². The second kappa shape index (κ2) is 3.48. The lowest BCUT2D eigenvalue weighted by atomic mass is 9.92. The Labute approximate surface area is 91.5 Å². The maximum atomic E-state index is 12.1. The predicted molar refractivity (Wildman–Crippen MR) is 62.3 cm³/mol. The molecule has 0 bridgehead atoms. The summed E-state index contributed by atoms with van der Waals surface area (Å²) in [7, 11) is 0. The van der Waals surface area contributed by atoms with Gasteiger partial charge in [0.1, 0.15) is 0 Å². The summed E-state index contributed by atoms with van der Waals surface area (Å²) in [5.74, 6) is 1.01. The molecule has 1 aromatic carbocycles. The van der Waals surface area contributed by atoms with Crippen LogP contribution in [0.4, 0.5) is 0 Å². The average molecular weight is 202 g/mol. The van der Waals surface area contributed by atoms with Crippen molar-refractivity contribution < 1.29 is 4.79 Å². The first-order valence-electron chi connectivity index (χ1n) is 5.65. The Kier molecular flexibility index (Phi) is 2.41. The molecule has 0 heterocycles. The summed E-state index contributed by atoms with van der Waals surface area (Å²) in [6, 6.07) is 4.07. The van der Waals surface area contributed by atoms with Gasteiger partial charge >= 0.3 is 0 Å². The highest BCUT2D eigenvalue weighted by Crippen LogP contribution is 2.34. The highest BCUT2D eigenvalue weighted by molar-refractivity contribution is 6.02. The summed E-state index contributed by atoms with van der Waals surface area (Å²) in [4.78, 5) is 12.1. The third-order valence-electron chi connectivity index (χ3n) is 3.70. The Morgan fingerprint density at radius 1 is 1.27 bits per heavy atom. The Morgan fingerprint density at radius 3 is 2.53 bits per heavy atom. The van der Waals surface area contributed by atoms with Crippen LogP contribution in [-0.2, 0) is 6.42 Å². The number of fused-ring (bicyclic) bond motifs is 1. The number of Topliss-reactive ketones (excluding diaryl/α,β-unsaturated/α-hetero) is 1. The molecule has 1 heteroatoms. The Bertz CT molecular complexity index is 416. The van der Waals surface area contributed by atoms with Crippen molar-refractivity contribution in [3.63, 3.8) is 0 Å². The van der Waals surface area contributed by atoms with E-state index in [1.807, 2.05) is 6.07 Å². The molecule has 1 nitrogen and oxygen atoms in total. The molecule has 0 radical (unpaired) electrons. The minimum atomic E-state index is 0.209. The molecule has 0 aliphatic heterocycles. The molecule has 1 aliphatic rings. The fraction of sp³-hybridized carbons (Fsp3) is 0.500. The number of hydrogen-bond acceptors (Lipinski definition) is 1. The van der Waals surface area contributed by atoms with Gasteiger partial charge in [0.25, 0.3) is 0 Å². The van der Waals surface area contributed by atoms with Gasteiger partial charge in [0.2, 0.25) is 0 Å². The Hall–Kier alpha value is -1.11. The molecule has 0 spiro atoms. The monoisotopic (exact) mass is 202 g/mol. The SMILES string of the molecule is Cc1ccc2c(c1C)CC(C(C)C)C2=O. The molecule has 0 aromatic heterocycles. The summed E-state index contributed by atoms with van der Waals surface area (Å²) in [5, 5.41) is 0. The zero-order valence-electron chi connectivity index (χ0n) is 9.92. The molecule has 2 rings (SSSR count). The highest BCUT2D eigenvalue weighted by Gasteiger charge is 2.33. The molecule has 1 unspecified atom stereocenters. The molecule has 0 saturated heterocycles. The van der Waals surface area contributed by atoms with Crippen LogP contribution in [0.25, 0.3) is 0 Å². The molecular weight excluding hydrogens is 184 g/mol. The van der Waals surface area contributed by atoms with E-state index in [0.717, 1.165) is 12.0 Å². The number of ketones is 1. The summed E-state index contributed by atoms with van der Waals surface area (Å²) < 4.78 is 0. The van der Waals surface area contributed by atoms with Gasteiger partial charge in [-0.3, -0.25) is 4.79 Å². The number of hydrogen-bond donors (Lipinski definition) is 0. The van der Waals surface area contributed by atoms with Gasteiger partial charge in [0, 0.05) is 11.5 Å². The van der Waals surface area contributed by atoms with Gasteiger partial charge in [0.05, 0.1) is 0 Å². The third kappa shape index (κ3) is 1.50. The second-order valence-electron chi connectivity index (χ2n) is 4.95. The van der Waals surface area contributed by atoms with Gasteiger partial charge in [-0.25, -0.2) is 0 Å². The van der Waals surface area contributed by atoms with Crippen molar-refractivity contribution in [2.24, 2.45) is 11.8 Å². The van der Waals surface area contributed by atoms with Gasteiger partial charge in [-0.2, -0.15) is 0 Å². The molecule has 1 aromatic rings. The van der Waals surface area contributed by atoms with E-state index in [0.29, 0.717) is 11.7 Å². The first-order valence-corrected chi connectivity index (χ1v) is 5.65. The fourth-order valence-corrected chi connectivity index (χ4v) is 2.42. The normalized spacial score (nSPS) is 19.8. The maximum Gasteiger partial charge on any atom is 0.166 e. The van der Waals surface area contributed by atoms with Crippen LogP contribution in [0.15, 0.2) is 12.1 Å². The van der Waals surface area contributed by atoms with Crippen molar-refractivity contribution in [2.45, 2.75) is 34.1 Å². The molecule has 1 aliphatic carbocycles. The molecule has 0 amide bonds. The minimum absolute atomic E-state index is 0.209. The van der Waals surface area contributed by atoms with Crippen LogP contribution in [0.1, 0.15) is 40.9 Å². The molecule has 0 saturated carbocycles. The van der Waals surface area contributed by atoms with E-state index in [2.05, 4.69) is 33.8 Å². The van der Waals surface area contributed by atoms with Crippen molar-refractivity contribution in [1.29, 1.82) is 0 Å². The summed E-state index contributed by atoms with van der Waals surface area (Å²) in [5.41, 5.74) is 4.87. The van der Waals surface area contributed by atoms with Gasteiger partial charge in [-0.1, -0.05) is 26.0 Å². The van der Waals surface area contributed by atoms with Crippen LogP contribution in [0.5, 0.6) is 0 Å². The van der Waals surface area contributed by atoms with Gasteiger partial charge in [0.15, 0.2) is 5.78 Å². The lowest BCUT2D eigenvalue weighted by Crippen LogP contribution is -2.15. The highest BCUT2D eigenvalue weighted by atomic mass is 16.1. The standard InChI is InChI=1S/C14H18O/c1-8(2)12-7-13-10(4)9(3)5-6-11(13)14(12)15/h5-6,8,12H,7H2,1-4H3. The lowest BCUT2D eigenvalue weighted by molar-refractivity contribution is 0.0906. The fourth-order valence-electron chi connectivity index (χ4n) is 2.42. The zero-order valence-corrected chi connectivity index (χ0v) is 9.92. The van der Waals surface area contributed by atoms with E-state index in [1.54, 1.807) is 0 Å². The minimum Gasteiger partial charge on any atom is -0.294 e. The van der Waals surface area contributed by atoms with Crippen molar-refractivity contribution >= 4 is 5.78 Å². The van der Waals surface area contributed by atoms with Crippen LogP contribution < -0.4 is 0 Å². The quantitative estimate of drug-likeness (QED) is 0.682. The summed E-state index contributed by atoms with van der Waals surface area (Å²) >= 11 is 0. The van der Waals surface area contributed by atoms with Crippen molar-refractivity contribution in [1.82, 2.24) is 0 Å². The Morgan fingerprint density at radius 2 is 1.93 bits per heavy atom. The zero-order chi connectivity index (χ0) is 11.2. The lowest BCUT2D eigenvalue weighted by Gasteiger charge is -2.11. The average Bonchev–Trinajstić information content (AvgIpc) is 2.51. The van der Waals surface area contributed by atoms with Crippen LogP contribution in [0.2, 0.25) is 0 Å². The summed E-state index contributed by atoms with van der Waals surface area (Å²) in [6.45, 7) is 8.51. The predicted octanol–water partition coefficient (Wildman–Crippen LogP) is 3.31. The van der Waals surface area contributed by atoms with Crippen molar-refractivity contribution in [3.8, 4) is 0 Å². The number of rotatable bonds is 1. The molecule has 80 valence electrons. The third-order valence-corrected chi connectivity index (χ3v) is 3.70. The van der Waals surface area contributed by atoms with Gasteiger partial charge < -0.3 is 0 Å². The van der Waals surface area contributed by atoms with Crippen LogP contribution in [0.3, 0.4) is 0 Å². The van der Waals surface area contributed by atoms with Crippen LogP contribution in [0, 0.1) is 25.7 Å². The molecule has 0 N–H and O–H groups in total. The summed E-state index contributed by atoms with van der Waals surface area (Å²) in [6.07, 6.45) is 0.944. The van der Waals surface area contributed by atoms with Gasteiger partial charge in [-0.15, -0.1) is 0 Å². The van der Waals surface area contributed by atoms with Crippen molar-refractivity contribution in [3.05, 3.63) is 34.4 Å². The van der Waals surface area contributed by atoms with E-state index in [-0.39, 0.29) is 5.92 Å². The number of benzene rings is 1. The largest absolute Gasteiger partial charge is 0.294 e. The molecule has 15 heavy (non-hydrogen) atoms. The maximum absolute atomic E-state index is 12.1. The van der Waals surface area contributed by atoms with Gasteiger partial charge in [-0.05, 0) is 42.9 Å². The van der Waals surface area contributed by atoms with E-state index >= 15 is 0 Å². The molecule has 1 atom stereocenters. The number of aryl methyl sites for hydroxylation is 1. The smallest absolute Gasteiger partial charge is 0.166 e. The van der Waals surface area contributed by atoms with E-state index in [9.17, 15) is 4.79 Å². The molecular formula is C14H18O. The molecule has 0 fully saturated rings. The van der Waals surface area contributed by atoms with E-state index in [1.165, 1.54) is 16.7 Å². The van der Waals surface area contributed by atoms with E-state index < -0.39 is 0 Å².